The second-order valence-corrected chi connectivity index (χ2v) is 9.66. The normalized spacial score (nSPS) is 11.2. The molecule has 178 valence electrons. The molecule has 0 atom stereocenters. The van der Waals surface area contributed by atoms with Gasteiger partial charge in [0.15, 0.2) is 0 Å². The Labute approximate surface area is 189 Å². The molecule has 0 amide bonds. The van der Waals surface area contributed by atoms with Gasteiger partial charge in [-0.15, -0.1) is 0 Å². The van der Waals surface area contributed by atoms with Crippen LogP contribution in [0.4, 0.5) is 0 Å². The number of esters is 1. The second-order valence-electron chi connectivity index (χ2n) is 9.66. The van der Waals surface area contributed by atoms with Gasteiger partial charge >= 0.3 is 5.97 Å². The van der Waals surface area contributed by atoms with E-state index in [1.165, 1.54) is 128 Å². The zero-order valence-electron chi connectivity index (χ0n) is 20.7. The fraction of sp³-hybridized carbons (Fsp3) is 0.893. The van der Waals surface area contributed by atoms with E-state index in [1.807, 2.05) is 0 Å². The van der Waals surface area contributed by atoms with Crippen molar-refractivity contribution < 1.29 is 9.53 Å². The maximum absolute atomic E-state index is 11.2. The van der Waals surface area contributed by atoms with Crippen LogP contribution in [-0.4, -0.2) is 5.97 Å². The molecule has 0 bridgehead atoms. The average molecular weight is 423 g/mol. The molecule has 0 aromatic carbocycles. The number of carbonyl (C=O) groups excluding carboxylic acids is 1. The van der Waals surface area contributed by atoms with Crippen molar-refractivity contribution in [1.82, 2.24) is 0 Å². The van der Waals surface area contributed by atoms with Crippen LogP contribution in [0.1, 0.15) is 155 Å². The van der Waals surface area contributed by atoms with E-state index < -0.39 is 0 Å². The molecule has 30 heavy (non-hydrogen) atoms. The van der Waals surface area contributed by atoms with Gasteiger partial charge < -0.3 is 4.74 Å². The van der Waals surface area contributed by atoms with Crippen molar-refractivity contribution in [2.75, 3.05) is 0 Å². The van der Waals surface area contributed by atoms with Gasteiger partial charge in [-0.2, -0.15) is 0 Å². The van der Waals surface area contributed by atoms with E-state index in [2.05, 4.69) is 20.4 Å². The largest absolute Gasteiger partial charge is 0.435 e. The van der Waals surface area contributed by atoms with Crippen molar-refractivity contribution in [1.29, 1.82) is 0 Å². The summed E-state index contributed by atoms with van der Waals surface area (Å²) in [6, 6.07) is 0. The molecule has 2 nitrogen and oxygen atoms in total. The van der Waals surface area contributed by atoms with Gasteiger partial charge in [0.1, 0.15) is 0 Å². The van der Waals surface area contributed by atoms with Crippen LogP contribution >= 0.6 is 0 Å². The van der Waals surface area contributed by atoms with Crippen LogP contribution in [0.2, 0.25) is 0 Å². The van der Waals surface area contributed by atoms with Gasteiger partial charge in [0.25, 0.3) is 0 Å². The van der Waals surface area contributed by atoms with E-state index in [-0.39, 0.29) is 5.97 Å². The lowest BCUT2D eigenvalue weighted by molar-refractivity contribution is -0.138. The summed E-state index contributed by atoms with van der Waals surface area (Å²) in [6.45, 7) is 8.06. The molecule has 0 radical (unpaired) electrons. The minimum atomic E-state index is -0.145. The van der Waals surface area contributed by atoms with E-state index >= 15 is 0 Å². The number of carbonyl (C=O) groups is 1. The van der Waals surface area contributed by atoms with E-state index in [0.29, 0.717) is 6.42 Å². The first kappa shape index (κ1) is 29.2. The Morgan fingerprint density at radius 1 is 0.600 bits per heavy atom. The van der Waals surface area contributed by atoms with Gasteiger partial charge in [0.05, 0.1) is 6.26 Å². The van der Waals surface area contributed by atoms with Gasteiger partial charge in [-0.05, 0) is 12.3 Å². The number of hydrogen-bond acceptors (Lipinski definition) is 2. The fourth-order valence-electron chi connectivity index (χ4n) is 4.16. The Bertz CT molecular complexity index is 362. The quantitative estimate of drug-likeness (QED) is 0.0878. The summed E-state index contributed by atoms with van der Waals surface area (Å²) in [4.78, 5) is 11.2. The van der Waals surface area contributed by atoms with Crippen LogP contribution in [-0.2, 0) is 9.53 Å². The first-order valence-corrected chi connectivity index (χ1v) is 13.5. The van der Waals surface area contributed by atoms with Crippen molar-refractivity contribution in [2.45, 2.75) is 155 Å². The van der Waals surface area contributed by atoms with Gasteiger partial charge in [0.2, 0.25) is 0 Å². The molecule has 0 rings (SSSR count). The molecular weight excluding hydrogens is 368 g/mol. The molecule has 2 heteroatoms. The van der Waals surface area contributed by atoms with Crippen LogP contribution in [0, 0.1) is 5.92 Å². The highest BCUT2D eigenvalue weighted by Gasteiger charge is 2.00. The molecule has 0 spiro atoms. The lowest BCUT2D eigenvalue weighted by Gasteiger charge is -2.05. The van der Waals surface area contributed by atoms with Crippen LogP contribution in [0.25, 0.3) is 0 Å². The van der Waals surface area contributed by atoms with Crippen molar-refractivity contribution >= 4 is 5.97 Å². The highest BCUT2D eigenvalue weighted by molar-refractivity contribution is 5.69. The highest BCUT2D eigenvalue weighted by atomic mass is 16.5. The zero-order valence-corrected chi connectivity index (χ0v) is 20.7. The Morgan fingerprint density at radius 3 is 1.20 bits per heavy atom. The smallest absolute Gasteiger partial charge is 0.310 e. The molecule has 0 aliphatic carbocycles. The van der Waals surface area contributed by atoms with Crippen LogP contribution < -0.4 is 0 Å². The molecule has 0 saturated carbocycles. The molecule has 0 aromatic heterocycles. The summed E-state index contributed by atoms with van der Waals surface area (Å²) in [5.41, 5.74) is 0. The van der Waals surface area contributed by atoms with Crippen LogP contribution in [0.3, 0.4) is 0 Å². The van der Waals surface area contributed by atoms with Gasteiger partial charge in [-0.1, -0.05) is 149 Å². The molecule has 0 N–H and O–H groups in total. The van der Waals surface area contributed by atoms with Crippen LogP contribution in [0.15, 0.2) is 12.8 Å². The van der Waals surface area contributed by atoms with E-state index in [0.717, 1.165) is 18.8 Å². The maximum Gasteiger partial charge on any atom is 0.310 e. The Kier molecular flexibility index (Phi) is 23.8. The molecule has 0 heterocycles. The molecule has 0 aliphatic rings. The monoisotopic (exact) mass is 422 g/mol. The molecule has 0 aromatic rings. The van der Waals surface area contributed by atoms with Gasteiger partial charge in [0, 0.05) is 6.42 Å². The summed E-state index contributed by atoms with van der Waals surface area (Å²) >= 11 is 0. The first-order chi connectivity index (χ1) is 14.7. The number of rotatable bonds is 24. The summed E-state index contributed by atoms with van der Waals surface area (Å²) in [6.07, 6.45) is 30.8. The number of unbranched alkanes of at least 4 members (excludes halogenated alkanes) is 19. The first-order valence-electron chi connectivity index (χ1n) is 13.5. The predicted molar refractivity (Wildman–Crippen MR) is 133 cm³/mol. The topological polar surface area (TPSA) is 26.3 Å². The fourth-order valence-corrected chi connectivity index (χ4v) is 4.16. The second kappa shape index (κ2) is 24.5. The van der Waals surface area contributed by atoms with E-state index in [1.54, 1.807) is 0 Å². The minimum absolute atomic E-state index is 0.145. The van der Waals surface area contributed by atoms with E-state index in [9.17, 15) is 4.79 Å². The Hall–Kier alpha value is -0.790. The summed E-state index contributed by atoms with van der Waals surface area (Å²) in [5.74, 6) is 0.738. The molecule has 0 aliphatic heterocycles. The summed E-state index contributed by atoms with van der Waals surface area (Å²) in [5, 5.41) is 0. The lowest BCUT2D eigenvalue weighted by atomic mass is 10.0. The van der Waals surface area contributed by atoms with Gasteiger partial charge in [-0.25, -0.2) is 0 Å². The number of hydrogen-bond donors (Lipinski definition) is 0. The van der Waals surface area contributed by atoms with Crippen molar-refractivity contribution in [3.63, 3.8) is 0 Å². The van der Waals surface area contributed by atoms with Crippen molar-refractivity contribution in [3.8, 4) is 0 Å². The third-order valence-electron chi connectivity index (χ3n) is 6.13. The third-order valence-corrected chi connectivity index (χ3v) is 6.13. The summed E-state index contributed by atoms with van der Waals surface area (Å²) < 4.78 is 4.72. The molecule has 0 fully saturated rings. The van der Waals surface area contributed by atoms with Crippen LogP contribution in [0.5, 0.6) is 0 Å². The molecular formula is C28H54O2. The minimum Gasteiger partial charge on any atom is -0.435 e. The molecule has 0 saturated heterocycles. The lowest BCUT2D eigenvalue weighted by Crippen LogP contribution is -1.98. The van der Waals surface area contributed by atoms with Gasteiger partial charge in [-0.3, -0.25) is 4.79 Å². The number of ether oxygens (including phenoxy) is 1. The summed E-state index contributed by atoms with van der Waals surface area (Å²) in [7, 11) is 0. The standard InChI is InChI=1S/C28H54O2/c1-4-30-28(29)26-24-22-20-18-16-14-12-10-8-6-5-7-9-11-13-15-17-19-21-23-25-27(2)3/h4,27H,1,5-26H2,2-3H3. The maximum atomic E-state index is 11.2. The SMILES string of the molecule is C=COC(=O)CCCCCCCCCCCCCCCCCCCCCCC(C)C. The predicted octanol–water partition coefficient (Wildman–Crippen LogP) is 9.91. The zero-order chi connectivity index (χ0) is 22.1. The highest BCUT2D eigenvalue weighted by Crippen LogP contribution is 2.16. The van der Waals surface area contributed by atoms with Crippen molar-refractivity contribution in [2.24, 2.45) is 5.92 Å². The van der Waals surface area contributed by atoms with E-state index in [4.69, 9.17) is 4.74 Å². The third kappa shape index (κ3) is 25.2. The Morgan fingerprint density at radius 2 is 0.900 bits per heavy atom. The molecule has 0 unspecified atom stereocenters. The van der Waals surface area contributed by atoms with Crippen molar-refractivity contribution in [3.05, 3.63) is 12.8 Å². The Balaban J connectivity index is 3.05. The average Bonchev–Trinajstić information content (AvgIpc) is 2.71.